The molecule has 4 aromatic heterocycles. The van der Waals surface area contributed by atoms with E-state index in [-0.39, 0.29) is 18.0 Å². The number of aromatic nitrogens is 5. The summed E-state index contributed by atoms with van der Waals surface area (Å²) < 4.78 is 33.8. The molecule has 11 heteroatoms. The topological polar surface area (TPSA) is 101 Å². The maximum absolute atomic E-state index is 14.2. The van der Waals surface area contributed by atoms with E-state index >= 15 is 0 Å². The van der Waals surface area contributed by atoms with Crippen LogP contribution in [0.2, 0.25) is 0 Å². The summed E-state index contributed by atoms with van der Waals surface area (Å²) in [5.74, 6) is 0.461. The molecule has 2 saturated heterocycles. The molecule has 2 N–H and O–H groups in total. The van der Waals surface area contributed by atoms with Gasteiger partial charge in [-0.25, -0.2) is 19.3 Å². The van der Waals surface area contributed by atoms with E-state index in [4.69, 9.17) is 14.7 Å². The summed E-state index contributed by atoms with van der Waals surface area (Å²) in [5, 5.41) is 7.28. The highest BCUT2D eigenvalue weighted by atomic mass is 19.1. The molecule has 2 aliphatic heterocycles. The highest BCUT2D eigenvalue weighted by Crippen LogP contribution is 2.42. The number of morpholine rings is 1. The molecule has 2 unspecified atom stereocenters. The fraction of sp³-hybridized carbons (Fsp3) is 0.370. The molecule has 0 radical (unpaired) electrons. The predicted molar refractivity (Wildman–Crippen MR) is 138 cm³/mol. The fourth-order valence-corrected chi connectivity index (χ4v) is 5.57. The van der Waals surface area contributed by atoms with Gasteiger partial charge < -0.3 is 20.3 Å². The van der Waals surface area contributed by atoms with Gasteiger partial charge in [-0.15, -0.1) is 0 Å². The first-order valence-corrected chi connectivity index (χ1v) is 12.9. The van der Waals surface area contributed by atoms with Gasteiger partial charge in [-0.1, -0.05) is 6.42 Å². The highest BCUT2D eigenvalue weighted by molar-refractivity contribution is 5.94. The number of hydrogen-bond acceptors (Lipinski definition) is 9. The lowest BCUT2D eigenvalue weighted by atomic mass is 9.79. The Labute approximate surface area is 217 Å². The zero-order valence-electron chi connectivity index (χ0n) is 20.6. The lowest BCUT2D eigenvalue weighted by molar-refractivity contribution is 0.0348. The van der Waals surface area contributed by atoms with Crippen molar-refractivity contribution in [2.75, 3.05) is 36.5 Å². The number of nitrogens with one attached hydrogen (secondary N) is 2. The summed E-state index contributed by atoms with van der Waals surface area (Å²) in [4.78, 5) is 24.8. The third-order valence-corrected chi connectivity index (χ3v) is 7.70. The summed E-state index contributed by atoms with van der Waals surface area (Å²) in [6.45, 7) is 3.00. The number of halogens is 2. The summed E-state index contributed by atoms with van der Waals surface area (Å²) >= 11 is 0. The van der Waals surface area contributed by atoms with Crippen molar-refractivity contribution in [3.63, 3.8) is 0 Å². The molecule has 6 heterocycles. The molecule has 2 atom stereocenters. The van der Waals surface area contributed by atoms with Crippen molar-refractivity contribution in [2.45, 2.75) is 37.3 Å². The van der Waals surface area contributed by atoms with Crippen LogP contribution in [0.15, 0.2) is 42.9 Å². The van der Waals surface area contributed by atoms with Gasteiger partial charge >= 0.3 is 0 Å². The van der Waals surface area contributed by atoms with E-state index in [2.05, 4.69) is 30.5 Å². The van der Waals surface area contributed by atoms with Gasteiger partial charge in [0.1, 0.15) is 11.6 Å². The zero-order valence-corrected chi connectivity index (χ0v) is 20.6. The molecule has 4 aromatic rings. The maximum Gasteiger partial charge on any atom is 0.214 e. The number of fused-ring (bicyclic) bond motifs is 2. The highest BCUT2D eigenvalue weighted by Gasteiger charge is 2.38. The fourth-order valence-electron chi connectivity index (χ4n) is 5.57. The SMILES string of the molecule is Fc1ccc(F)c(Nc2cc(-c3nc(N4CCOC5CNCC54)c4c(C5CCC5)cncc4n3)ccn2)n1. The Kier molecular flexibility index (Phi) is 5.81. The number of rotatable bonds is 5. The van der Waals surface area contributed by atoms with Gasteiger partial charge in [0.2, 0.25) is 5.95 Å². The molecule has 38 heavy (non-hydrogen) atoms. The number of ether oxygens (including phenoxy) is 1. The Morgan fingerprint density at radius 1 is 1.05 bits per heavy atom. The molecular formula is C27H26F2N8O. The number of hydrogen-bond donors (Lipinski definition) is 2. The van der Waals surface area contributed by atoms with Gasteiger partial charge in [0.15, 0.2) is 17.5 Å². The van der Waals surface area contributed by atoms with Crippen LogP contribution in [0.4, 0.5) is 26.2 Å². The number of nitrogens with zero attached hydrogens (tertiary/aromatic N) is 6. The van der Waals surface area contributed by atoms with Crippen LogP contribution in [0.5, 0.6) is 0 Å². The van der Waals surface area contributed by atoms with E-state index in [0.717, 1.165) is 61.3 Å². The lowest BCUT2D eigenvalue weighted by Crippen LogP contribution is -2.51. The van der Waals surface area contributed by atoms with Crippen molar-refractivity contribution in [1.29, 1.82) is 0 Å². The third-order valence-electron chi connectivity index (χ3n) is 7.70. The molecule has 1 aliphatic carbocycles. The van der Waals surface area contributed by atoms with E-state index in [1.165, 1.54) is 12.0 Å². The van der Waals surface area contributed by atoms with Crippen molar-refractivity contribution in [2.24, 2.45) is 0 Å². The van der Waals surface area contributed by atoms with Crippen LogP contribution in [0.1, 0.15) is 30.7 Å². The number of pyridine rings is 3. The Hall–Kier alpha value is -3.83. The minimum atomic E-state index is -0.785. The Balaban J connectivity index is 1.34. The van der Waals surface area contributed by atoms with Gasteiger partial charge in [0.25, 0.3) is 0 Å². The van der Waals surface area contributed by atoms with Crippen LogP contribution in [0, 0.1) is 11.8 Å². The van der Waals surface area contributed by atoms with Gasteiger partial charge in [-0.2, -0.15) is 9.37 Å². The van der Waals surface area contributed by atoms with Crippen molar-refractivity contribution in [3.8, 4) is 11.4 Å². The van der Waals surface area contributed by atoms with Gasteiger partial charge in [0.05, 0.1) is 30.5 Å². The molecule has 0 spiro atoms. The molecule has 194 valence electrons. The van der Waals surface area contributed by atoms with E-state index in [1.54, 1.807) is 24.5 Å². The molecule has 3 fully saturated rings. The van der Waals surface area contributed by atoms with Gasteiger partial charge in [-0.3, -0.25) is 4.98 Å². The first-order valence-electron chi connectivity index (χ1n) is 12.9. The van der Waals surface area contributed by atoms with E-state index in [9.17, 15) is 8.78 Å². The number of anilines is 3. The molecule has 7 rings (SSSR count). The molecule has 0 amide bonds. The largest absolute Gasteiger partial charge is 0.373 e. The van der Waals surface area contributed by atoms with Crippen LogP contribution < -0.4 is 15.5 Å². The minimum absolute atomic E-state index is 0.108. The van der Waals surface area contributed by atoms with E-state index in [1.807, 2.05) is 6.20 Å². The zero-order chi connectivity index (χ0) is 25.6. The second-order valence-corrected chi connectivity index (χ2v) is 9.97. The molecule has 0 aromatic carbocycles. The van der Waals surface area contributed by atoms with Crippen LogP contribution in [0.25, 0.3) is 22.3 Å². The molecule has 9 nitrogen and oxygen atoms in total. The maximum atomic E-state index is 14.2. The first kappa shape index (κ1) is 23.3. The smallest absolute Gasteiger partial charge is 0.214 e. The van der Waals surface area contributed by atoms with Crippen molar-refractivity contribution in [1.82, 2.24) is 30.2 Å². The Morgan fingerprint density at radius 2 is 1.97 bits per heavy atom. The predicted octanol–water partition coefficient (Wildman–Crippen LogP) is 3.95. The summed E-state index contributed by atoms with van der Waals surface area (Å²) in [6, 6.07) is 5.67. The first-order chi connectivity index (χ1) is 18.6. The average Bonchev–Trinajstić information content (AvgIpc) is 3.39. The quantitative estimate of drug-likeness (QED) is 0.382. The Morgan fingerprint density at radius 3 is 2.84 bits per heavy atom. The van der Waals surface area contributed by atoms with E-state index < -0.39 is 11.8 Å². The van der Waals surface area contributed by atoms with Crippen LogP contribution in [-0.4, -0.2) is 63.3 Å². The molecule has 1 saturated carbocycles. The normalized spacial score (nSPS) is 21.4. The Bertz CT molecular complexity index is 1510. The van der Waals surface area contributed by atoms with Gasteiger partial charge in [-0.05, 0) is 48.6 Å². The summed E-state index contributed by atoms with van der Waals surface area (Å²) in [7, 11) is 0. The second kappa shape index (κ2) is 9.48. The second-order valence-electron chi connectivity index (χ2n) is 9.97. The van der Waals surface area contributed by atoms with Crippen molar-refractivity contribution in [3.05, 3.63) is 60.2 Å². The molecule has 0 bridgehead atoms. The molecule has 3 aliphatic rings. The van der Waals surface area contributed by atoms with Crippen molar-refractivity contribution < 1.29 is 13.5 Å². The monoisotopic (exact) mass is 516 g/mol. The van der Waals surface area contributed by atoms with E-state index in [0.29, 0.717) is 29.7 Å². The van der Waals surface area contributed by atoms with Crippen LogP contribution in [0.3, 0.4) is 0 Å². The summed E-state index contributed by atoms with van der Waals surface area (Å²) in [5.41, 5.74) is 2.67. The van der Waals surface area contributed by atoms with Crippen molar-refractivity contribution >= 4 is 28.4 Å². The van der Waals surface area contributed by atoms with Gasteiger partial charge in [0, 0.05) is 43.0 Å². The molecular weight excluding hydrogens is 490 g/mol. The van der Waals surface area contributed by atoms with Crippen LogP contribution >= 0.6 is 0 Å². The van der Waals surface area contributed by atoms with Crippen LogP contribution in [-0.2, 0) is 4.74 Å². The average molecular weight is 517 g/mol. The third kappa shape index (κ3) is 4.11. The lowest BCUT2D eigenvalue weighted by Gasteiger charge is -2.39. The standard InChI is InChI=1S/C27H26F2N8O/c28-18-4-5-22(29)34-26(18)35-23-10-16(6-7-32-23)25-33-19-12-30-11-17(15-2-1-3-15)24(19)27(36-25)37-8-9-38-21-14-31-13-20(21)37/h4-7,10-12,15,20-21,31H,1-3,8-9,13-14H2,(H,32,34,35). The minimum Gasteiger partial charge on any atom is -0.373 e. The summed E-state index contributed by atoms with van der Waals surface area (Å²) in [6.07, 6.45) is 8.95.